The van der Waals surface area contributed by atoms with E-state index in [1.807, 2.05) is 0 Å². The highest BCUT2D eigenvalue weighted by molar-refractivity contribution is 5.80. The van der Waals surface area contributed by atoms with Crippen LogP contribution in [-0.2, 0) is 9.59 Å². The molecule has 0 aromatic heterocycles. The third kappa shape index (κ3) is 3.77. The van der Waals surface area contributed by atoms with Gasteiger partial charge in [0.1, 0.15) is 5.82 Å². The second-order valence-electron chi connectivity index (χ2n) is 7.13. The molecule has 3 rings (SSSR count). The van der Waals surface area contributed by atoms with Crippen LogP contribution < -0.4 is 5.32 Å². The summed E-state index contributed by atoms with van der Waals surface area (Å²) in [5.74, 6) is -1.40. The largest absolute Gasteiger partial charge is 0.481 e. The van der Waals surface area contributed by atoms with Crippen LogP contribution in [0.1, 0.15) is 56.6 Å². The molecule has 2 aliphatic carbocycles. The second kappa shape index (κ2) is 7.32. The average Bonchev–Trinajstić information content (AvgIpc) is 2.53. The van der Waals surface area contributed by atoms with Crippen molar-refractivity contribution >= 4 is 11.9 Å². The highest BCUT2D eigenvalue weighted by Gasteiger charge is 2.35. The van der Waals surface area contributed by atoms with Crippen molar-refractivity contribution in [3.05, 3.63) is 35.6 Å². The van der Waals surface area contributed by atoms with E-state index < -0.39 is 11.9 Å². The van der Waals surface area contributed by atoms with Crippen molar-refractivity contribution in [1.29, 1.82) is 0 Å². The van der Waals surface area contributed by atoms with Gasteiger partial charge in [-0.3, -0.25) is 9.59 Å². The fraction of sp³-hybridized carbons (Fsp3) is 0.579. The predicted octanol–water partition coefficient (Wildman–Crippen LogP) is 3.67. The Kier molecular flexibility index (Phi) is 5.17. The maximum absolute atomic E-state index is 13.2. The summed E-state index contributed by atoms with van der Waals surface area (Å²) in [7, 11) is 0. The summed E-state index contributed by atoms with van der Waals surface area (Å²) in [5, 5.41) is 12.3. The van der Waals surface area contributed by atoms with Gasteiger partial charge in [0.2, 0.25) is 5.91 Å². The summed E-state index contributed by atoms with van der Waals surface area (Å²) in [6.07, 6.45) is 5.87. The zero-order valence-corrected chi connectivity index (χ0v) is 13.7. The number of aliphatic carboxylic acids is 1. The van der Waals surface area contributed by atoms with E-state index in [1.165, 1.54) is 12.1 Å². The molecule has 130 valence electrons. The Morgan fingerprint density at radius 2 is 1.67 bits per heavy atom. The lowest BCUT2D eigenvalue weighted by Crippen LogP contribution is -2.41. The highest BCUT2D eigenvalue weighted by Crippen LogP contribution is 2.38. The lowest BCUT2D eigenvalue weighted by molar-refractivity contribution is -0.144. The molecule has 4 nitrogen and oxygen atoms in total. The summed E-state index contributed by atoms with van der Waals surface area (Å²) in [5.41, 5.74) is 0.931. The number of benzene rings is 1. The number of rotatable bonds is 5. The van der Waals surface area contributed by atoms with Gasteiger partial charge in [-0.15, -0.1) is 0 Å². The Hall–Kier alpha value is -1.91. The molecule has 0 aliphatic heterocycles. The molecular formula is C19H24FNO3. The molecule has 2 N–H and O–H groups in total. The minimum absolute atomic E-state index is 0.0535. The second-order valence-corrected chi connectivity index (χ2v) is 7.13. The third-order valence-electron chi connectivity index (χ3n) is 5.54. The van der Waals surface area contributed by atoms with Gasteiger partial charge in [-0.25, -0.2) is 4.39 Å². The van der Waals surface area contributed by atoms with Crippen molar-refractivity contribution in [2.75, 3.05) is 0 Å². The van der Waals surface area contributed by atoms with E-state index in [1.54, 1.807) is 12.1 Å². The van der Waals surface area contributed by atoms with Crippen LogP contribution >= 0.6 is 0 Å². The maximum Gasteiger partial charge on any atom is 0.306 e. The van der Waals surface area contributed by atoms with Crippen molar-refractivity contribution in [3.63, 3.8) is 0 Å². The molecule has 24 heavy (non-hydrogen) atoms. The summed E-state index contributed by atoms with van der Waals surface area (Å²) in [6.45, 7) is 0. The number of halogens is 1. The quantitative estimate of drug-likeness (QED) is 0.864. The number of carbonyl (C=O) groups is 2. The van der Waals surface area contributed by atoms with Crippen LogP contribution in [0.3, 0.4) is 0 Å². The first-order valence-corrected chi connectivity index (χ1v) is 8.83. The van der Waals surface area contributed by atoms with Gasteiger partial charge < -0.3 is 10.4 Å². The Morgan fingerprint density at radius 3 is 2.25 bits per heavy atom. The Bertz CT molecular complexity index is 597. The molecular weight excluding hydrogens is 309 g/mol. The minimum atomic E-state index is -0.804. The number of hydrogen-bond donors (Lipinski definition) is 2. The maximum atomic E-state index is 13.2. The molecule has 2 saturated carbocycles. The number of carbonyl (C=O) groups excluding carboxylic acids is 1. The molecule has 3 unspecified atom stereocenters. The van der Waals surface area contributed by atoms with Crippen LogP contribution in [0.4, 0.5) is 4.39 Å². The number of hydrogen-bond acceptors (Lipinski definition) is 2. The monoisotopic (exact) mass is 333 g/mol. The van der Waals surface area contributed by atoms with E-state index >= 15 is 0 Å². The molecule has 3 atom stereocenters. The molecule has 1 aromatic carbocycles. The molecule has 5 heteroatoms. The van der Waals surface area contributed by atoms with E-state index in [0.717, 1.165) is 37.7 Å². The van der Waals surface area contributed by atoms with Crippen molar-refractivity contribution in [1.82, 2.24) is 5.32 Å². The van der Waals surface area contributed by atoms with E-state index in [0.29, 0.717) is 18.8 Å². The summed E-state index contributed by atoms with van der Waals surface area (Å²) in [6, 6.07) is 6.22. The first kappa shape index (κ1) is 16.9. The minimum Gasteiger partial charge on any atom is -0.481 e. The van der Waals surface area contributed by atoms with E-state index in [2.05, 4.69) is 5.32 Å². The predicted molar refractivity (Wildman–Crippen MR) is 87.7 cm³/mol. The van der Waals surface area contributed by atoms with E-state index in [4.69, 9.17) is 0 Å². The average molecular weight is 333 g/mol. The zero-order chi connectivity index (χ0) is 17.1. The first-order chi connectivity index (χ1) is 11.5. The SMILES string of the molecule is O=C(O)C1CCCC(C(=O)NC(c2ccc(F)cc2)C2CCC2)C1. The van der Waals surface area contributed by atoms with E-state index in [-0.39, 0.29) is 23.7 Å². The third-order valence-corrected chi connectivity index (χ3v) is 5.54. The Balaban J connectivity index is 1.69. The van der Waals surface area contributed by atoms with Gasteiger partial charge in [-0.05, 0) is 55.7 Å². The fourth-order valence-electron chi connectivity index (χ4n) is 3.84. The highest BCUT2D eigenvalue weighted by atomic mass is 19.1. The molecule has 0 saturated heterocycles. The van der Waals surface area contributed by atoms with Crippen LogP contribution in [0.15, 0.2) is 24.3 Å². The first-order valence-electron chi connectivity index (χ1n) is 8.83. The number of carboxylic acids is 1. The van der Waals surface area contributed by atoms with E-state index in [9.17, 15) is 19.1 Å². The lowest BCUT2D eigenvalue weighted by Gasteiger charge is -2.36. The topological polar surface area (TPSA) is 66.4 Å². The lowest BCUT2D eigenvalue weighted by atomic mass is 9.76. The van der Waals surface area contributed by atoms with Gasteiger partial charge in [0.05, 0.1) is 12.0 Å². The molecule has 2 aliphatic rings. The molecule has 2 fully saturated rings. The van der Waals surface area contributed by atoms with Crippen molar-refractivity contribution in [2.24, 2.45) is 17.8 Å². The van der Waals surface area contributed by atoms with Gasteiger partial charge in [0, 0.05) is 5.92 Å². The molecule has 1 amide bonds. The summed E-state index contributed by atoms with van der Waals surface area (Å²) >= 11 is 0. The van der Waals surface area contributed by atoms with Crippen LogP contribution in [0.2, 0.25) is 0 Å². The van der Waals surface area contributed by atoms with Gasteiger partial charge in [-0.1, -0.05) is 25.0 Å². The summed E-state index contributed by atoms with van der Waals surface area (Å²) in [4.78, 5) is 23.9. The van der Waals surface area contributed by atoms with Crippen LogP contribution in [0.5, 0.6) is 0 Å². The Labute approximate surface area is 141 Å². The molecule has 0 radical (unpaired) electrons. The molecule has 1 aromatic rings. The van der Waals surface area contributed by atoms with Crippen molar-refractivity contribution in [3.8, 4) is 0 Å². The van der Waals surface area contributed by atoms with Crippen LogP contribution in [-0.4, -0.2) is 17.0 Å². The number of carboxylic acid groups (broad SMARTS) is 1. The molecule has 0 spiro atoms. The standard InChI is InChI=1S/C19H24FNO3/c20-16-9-7-13(8-10-16)17(12-3-1-4-12)21-18(22)14-5-2-6-15(11-14)19(23)24/h7-10,12,14-15,17H,1-6,11H2,(H,21,22)(H,23,24). The van der Waals surface area contributed by atoms with Crippen LogP contribution in [0, 0.1) is 23.6 Å². The van der Waals surface area contributed by atoms with Gasteiger partial charge in [-0.2, -0.15) is 0 Å². The summed E-state index contributed by atoms with van der Waals surface area (Å²) < 4.78 is 13.2. The molecule has 0 bridgehead atoms. The number of amides is 1. The van der Waals surface area contributed by atoms with Crippen molar-refractivity contribution in [2.45, 2.75) is 51.0 Å². The number of nitrogens with one attached hydrogen (secondary N) is 1. The Morgan fingerprint density at radius 1 is 1.04 bits per heavy atom. The smallest absolute Gasteiger partial charge is 0.306 e. The zero-order valence-electron chi connectivity index (χ0n) is 13.7. The fourth-order valence-corrected chi connectivity index (χ4v) is 3.84. The van der Waals surface area contributed by atoms with Crippen LogP contribution in [0.25, 0.3) is 0 Å². The van der Waals surface area contributed by atoms with Gasteiger partial charge in [0.15, 0.2) is 0 Å². The van der Waals surface area contributed by atoms with Gasteiger partial charge >= 0.3 is 5.97 Å². The molecule has 0 heterocycles. The normalized spacial score (nSPS) is 25.5. The van der Waals surface area contributed by atoms with Gasteiger partial charge in [0.25, 0.3) is 0 Å². The van der Waals surface area contributed by atoms with Crippen molar-refractivity contribution < 1.29 is 19.1 Å².